The molecule has 1 aliphatic rings. The Morgan fingerprint density at radius 2 is 2.07 bits per heavy atom. The Hall–Kier alpha value is -2.45. The summed E-state index contributed by atoms with van der Waals surface area (Å²) < 4.78 is 11.1. The molecule has 1 aliphatic heterocycles. The molecule has 0 saturated carbocycles. The third kappa shape index (κ3) is 6.01. The van der Waals surface area contributed by atoms with Gasteiger partial charge in [0.2, 0.25) is 5.91 Å². The van der Waals surface area contributed by atoms with Crippen LogP contribution in [0.2, 0.25) is 5.02 Å². The van der Waals surface area contributed by atoms with Gasteiger partial charge >= 0.3 is 0 Å². The zero-order valence-electron chi connectivity index (χ0n) is 16.3. The van der Waals surface area contributed by atoms with Crippen LogP contribution in [0, 0.1) is 0 Å². The number of hydrogen-bond donors (Lipinski definition) is 1. The lowest BCUT2D eigenvalue weighted by Crippen LogP contribution is -2.39. The van der Waals surface area contributed by atoms with Gasteiger partial charge in [-0.2, -0.15) is 0 Å². The molecule has 0 aromatic heterocycles. The number of carbonyl (C=O) groups excluding carboxylic acids is 3. The molecule has 0 unspecified atom stereocenters. The Labute approximate surface area is 179 Å². The van der Waals surface area contributed by atoms with Crippen LogP contribution in [-0.2, 0) is 9.59 Å². The van der Waals surface area contributed by atoms with Gasteiger partial charge in [0, 0.05) is 6.54 Å². The number of imide groups is 1. The molecule has 156 valence electrons. The quantitative estimate of drug-likeness (QED) is 0.441. The maximum atomic E-state index is 12.6. The molecule has 1 aromatic carbocycles. The van der Waals surface area contributed by atoms with Crippen LogP contribution < -0.4 is 14.8 Å². The summed E-state index contributed by atoms with van der Waals surface area (Å²) in [6.07, 6.45) is 3.90. The van der Waals surface area contributed by atoms with E-state index in [9.17, 15) is 14.4 Å². The normalized spacial score (nSPS) is 15.0. The van der Waals surface area contributed by atoms with Gasteiger partial charge in [-0.15, -0.1) is 0 Å². The Balaban J connectivity index is 2.24. The summed E-state index contributed by atoms with van der Waals surface area (Å²) in [7, 11) is 0. The van der Waals surface area contributed by atoms with E-state index in [1.807, 2.05) is 13.8 Å². The van der Waals surface area contributed by atoms with Gasteiger partial charge in [-0.3, -0.25) is 19.3 Å². The summed E-state index contributed by atoms with van der Waals surface area (Å²) in [6.45, 7) is 8.19. The average Bonchev–Trinajstić information content (AvgIpc) is 2.93. The van der Waals surface area contributed by atoms with Gasteiger partial charge in [0.15, 0.2) is 11.5 Å². The van der Waals surface area contributed by atoms with E-state index in [4.69, 9.17) is 21.1 Å². The molecule has 0 atom stereocenters. The van der Waals surface area contributed by atoms with Gasteiger partial charge in [-0.05, 0) is 48.9 Å². The number of amides is 3. The Bertz CT molecular complexity index is 840. The Morgan fingerprint density at radius 1 is 1.31 bits per heavy atom. The fourth-order valence-electron chi connectivity index (χ4n) is 2.47. The summed E-state index contributed by atoms with van der Waals surface area (Å²) in [5.41, 5.74) is 0.574. The molecule has 2 rings (SSSR count). The first-order valence-electron chi connectivity index (χ1n) is 9.13. The van der Waals surface area contributed by atoms with Gasteiger partial charge in [0.25, 0.3) is 11.1 Å². The van der Waals surface area contributed by atoms with Crippen molar-refractivity contribution < 1.29 is 23.9 Å². The first-order valence-corrected chi connectivity index (χ1v) is 10.3. The van der Waals surface area contributed by atoms with Gasteiger partial charge in [0.05, 0.1) is 16.5 Å². The van der Waals surface area contributed by atoms with Crippen LogP contribution >= 0.6 is 23.4 Å². The van der Waals surface area contributed by atoms with Crippen LogP contribution in [0.3, 0.4) is 0 Å². The monoisotopic (exact) mass is 438 g/mol. The van der Waals surface area contributed by atoms with Crippen molar-refractivity contribution in [2.24, 2.45) is 0 Å². The highest BCUT2D eigenvalue weighted by Crippen LogP contribution is 2.39. The molecule has 0 bridgehead atoms. The number of thioether (sulfide) groups is 1. The van der Waals surface area contributed by atoms with Crippen LogP contribution in [0.4, 0.5) is 4.79 Å². The second kappa shape index (κ2) is 10.9. The Kier molecular flexibility index (Phi) is 8.60. The summed E-state index contributed by atoms with van der Waals surface area (Å²) in [5, 5.41) is 2.46. The number of nitrogens with one attached hydrogen (secondary N) is 1. The highest BCUT2D eigenvalue weighted by molar-refractivity contribution is 8.18. The summed E-state index contributed by atoms with van der Waals surface area (Å²) in [6, 6.07) is 3.29. The molecule has 3 amide bonds. The van der Waals surface area contributed by atoms with Gasteiger partial charge < -0.3 is 14.8 Å². The molecule has 7 nitrogen and oxygen atoms in total. The molecule has 0 aliphatic carbocycles. The zero-order chi connectivity index (χ0) is 21.4. The maximum Gasteiger partial charge on any atom is 0.294 e. The van der Waals surface area contributed by atoms with E-state index in [1.54, 1.807) is 24.3 Å². The standard InChI is InChI=1S/C20H23ClN2O5S/c1-4-7-22-17(24)12-23-19(25)16(29-20(23)26)11-13-9-14(21)18(28-8-5-2)15(10-13)27-6-3/h5,9-11H,2,4,6-8,12H2,1,3H3,(H,22,24)/b16-11-. The van der Waals surface area contributed by atoms with E-state index < -0.39 is 11.1 Å². The van der Waals surface area contributed by atoms with E-state index in [0.717, 1.165) is 23.1 Å². The minimum Gasteiger partial charge on any atom is -0.490 e. The van der Waals surface area contributed by atoms with Crippen molar-refractivity contribution in [2.75, 3.05) is 26.3 Å². The van der Waals surface area contributed by atoms with Crippen LogP contribution in [0.5, 0.6) is 11.5 Å². The molecule has 0 radical (unpaired) electrons. The van der Waals surface area contributed by atoms with Crippen molar-refractivity contribution in [3.05, 3.63) is 40.3 Å². The van der Waals surface area contributed by atoms with E-state index >= 15 is 0 Å². The van der Waals surface area contributed by atoms with E-state index in [1.165, 1.54) is 0 Å². The Morgan fingerprint density at radius 3 is 2.72 bits per heavy atom. The third-order valence-corrected chi connectivity index (χ3v) is 4.91. The molecule has 0 spiro atoms. The second-order valence-electron chi connectivity index (χ2n) is 5.98. The van der Waals surface area contributed by atoms with Crippen LogP contribution in [-0.4, -0.2) is 48.3 Å². The van der Waals surface area contributed by atoms with Crippen molar-refractivity contribution in [1.82, 2.24) is 10.2 Å². The summed E-state index contributed by atoms with van der Waals surface area (Å²) in [5.74, 6) is -0.0916. The highest BCUT2D eigenvalue weighted by atomic mass is 35.5. The molecular weight excluding hydrogens is 416 g/mol. The van der Waals surface area contributed by atoms with Crippen molar-refractivity contribution in [2.45, 2.75) is 20.3 Å². The average molecular weight is 439 g/mol. The molecule has 9 heteroatoms. The summed E-state index contributed by atoms with van der Waals surface area (Å²) in [4.78, 5) is 37.7. The topological polar surface area (TPSA) is 84.9 Å². The maximum absolute atomic E-state index is 12.6. The van der Waals surface area contributed by atoms with Crippen LogP contribution in [0.15, 0.2) is 29.7 Å². The number of benzene rings is 1. The highest BCUT2D eigenvalue weighted by Gasteiger charge is 2.36. The SMILES string of the molecule is C=CCOc1c(Cl)cc(/C=C2\SC(=O)N(CC(=O)NCCC)C2=O)cc1OCC. The second-order valence-corrected chi connectivity index (χ2v) is 7.38. The third-order valence-electron chi connectivity index (χ3n) is 3.72. The van der Waals surface area contributed by atoms with Crippen LogP contribution in [0.1, 0.15) is 25.8 Å². The molecule has 29 heavy (non-hydrogen) atoms. The number of hydrogen-bond acceptors (Lipinski definition) is 6. The lowest BCUT2D eigenvalue weighted by molar-refractivity contribution is -0.129. The number of nitrogens with zero attached hydrogens (tertiary/aromatic N) is 1. The molecule has 1 aromatic rings. The molecular formula is C20H23ClN2O5S. The number of halogens is 1. The first kappa shape index (κ1) is 22.8. The predicted molar refractivity (Wildman–Crippen MR) is 114 cm³/mol. The minimum absolute atomic E-state index is 0.205. The molecule has 1 heterocycles. The largest absolute Gasteiger partial charge is 0.490 e. The zero-order valence-corrected chi connectivity index (χ0v) is 17.9. The van der Waals surface area contributed by atoms with Crippen LogP contribution in [0.25, 0.3) is 6.08 Å². The van der Waals surface area contributed by atoms with E-state index in [-0.39, 0.29) is 24.0 Å². The minimum atomic E-state index is -0.521. The molecule has 1 N–H and O–H groups in total. The first-order chi connectivity index (χ1) is 13.9. The molecule has 1 saturated heterocycles. The summed E-state index contributed by atoms with van der Waals surface area (Å²) >= 11 is 7.09. The fraction of sp³-hybridized carbons (Fsp3) is 0.350. The van der Waals surface area contributed by atoms with Crippen molar-refractivity contribution in [1.29, 1.82) is 0 Å². The lowest BCUT2D eigenvalue weighted by atomic mass is 10.1. The van der Waals surface area contributed by atoms with E-state index in [0.29, 0.717) is 35.2 Å². The lowest BCUT2D eigenvalue weighted by Gasteiger charge is -2.13. The number of ether oxygens (including phenoxy) is 2. The predicted octanol–water partition coefficient (Wildman–Crippen LogP) is 3.87. The molecule has 1 fully saturated rings. The smallest absolute Gasteiger partial charge is 0.294 e. The van der Waals surface area contributed by atoms with Crippen molar-refractivity contribution in [3.8, 4) is 11.5 Å². The fourth-order valence-corrected chi connectivity index (χ4v) is 3.58. The number of rotatable bonds is 10. The van der Waals surface area contributed by atoms with Crippen molar-refractivity contribution >= 4 is 46.5 Å². The van der Waals surface area contributed by atoms with Gasteiger partial charge in [-0.25, -0.2) is 0 Å². The van der Waals surface area contributed by atoms with Crippen molar-refractivity contribution in [3.63, 3.8) is 0 Å². The van der Waals surface area contributed by atoms with E-state index in [2.05, 4.69) is 11.9 Å². The van der Waals surface area contributed by atoms with Gasteiger partial charge in [0.1, 0.15) is 13.2 Å². The van der Waals surface area contributed by atoms with Gasteiger partial charge in [-0.1, -0.05) is 31.2 Å². The number of carbonyl (C=O) groups is 3.